The lowest BCUT2D eigenvalue weighted by Crippen LogP contribution is -2.27. The van der Waals surface area contributed by atoms with Crippen molar-refractivity contribution in [3.05, 3.63) is 36.0 Å². The van der Waals surface area contributed by atoms with Gasteiger partial charge >= 0.3 is 0 Å². The van der Waals surface area contributed by atoms with Gasteiger partial charge in [-0.3, -0.25) is 0 Å². The Kier molecular flexibility index (Phi) is 4.60. The van der Waals surface area contributed by atoms with Crippen molar-refractivity contribution in [2.45, 2.75) is 46.1 Å². The summed E-state index contributed by atoms with van der Waals surface area (Å²) in [5.74, 6) is 1.46. The van der Waals surface area contributed by atoms with E-state index in [1.54, 1.807) is 0 Å². The molecule has 1 aliphatic rings. The van der Waals surface area contributed by atoms with Crippen molar-refractivity contribution < 1.29 is 0 Å². The number of anilines is 4. The first-order chi connectivity index (χ1) is 11.4. The van der Waals surface area contributed by atoms with Crippen LogP contribution in [0.4, 0.5) is 23.1 Å². The normalized spacial score (nSPS) is 14.8. The van der Waals surface area contributed by atoms with E-state index in [-0.39, 0.29) is 5.54 Å². The van der Waals surface area contributed by atoms with Crippen molar-refractivity contribution in [2.75, 3.05) is 28.6 Å². The highest BCUT2D eigenvalue weighted by Crippen LogP contribution is 2.24. The molecule has 0 amide bonds. The minimum Gasteiger partial charge on any atom is -0.372 e. The van der Waals surface area contributed by atoms with Crippen molar-refractivity contribution in [3.63, 3.8) is 0 Å². The molecule has 0 bridgehead atoms. The molecule has 1 aromatic heterocycles. The fraction of sp³-hybridized carbons (Fsp3) is 0.474. The molecule has 3 rings (SSSR count). The number of aryl methyl sites for hydroxylation is 1. The maximum atomic E-state index is 4.57. The molecule has 1 aliphatic heterocycles. The number of rotatable bonds is 4. The third-order valence-electron chi connectivity index (χ3n) is 3.95. The van der Waals surface area contributed by atoms with Crippen molar-refractivity contribution in [2.24, 2.45) is 0 Å². The molecule has 0 saturated carbocycles. The average molecular weight is 325 g/mol. The van der Waals surface area contributed by atoms with E-state index in [1.807, 2.05) is 13.0 Å². The predicted molar refractivity (Wildman–Crippen MR) is 101 cm³/mol. The van der Waals surface area contributed by atoms with Gasteiger partial charge in [0.15, 0.2) is 0 Å². The SMILES string of the molecule is Cc1cc(Nc2ccc(N3CCCC3)cc2)nc(NC(C)(C)C)n1. The van der Waals surface area contributed by atoms with Crippen LogP contribution in [-0.2, 0) is 0 Å². The van der Waals surface area contributed by atoms with E-state index in [2.05, 4.69) is 70.5 Å². The molecule has 5 heteroatoms. The highest BCUT2D eigenvalue weighted by molar-refractivity contribution is 5.61. The standard InChI is InChI=1S/C19H27N5/c1-14-13-17(22-18(20-14)23-19(2,3)4)21-15-7-9-16(10-8-15)24-11-5-6-12-24/h7-10,13H,5-6,11-12H2,1-4H3,(H2,20,21,22,23). The predicted octanol–water partition coefficient (Wildman–Crippen LogP) is 4.34. The van der Waals surface area contributed by atoms with E-state index in [0.717, 1.165) is 17.2 Å². The quantitative estimate of drug-likeness (QED) is 0.876. The summed E-state index contributed by atoms with van der Waals surface area (Å²) in [4.78, 5) is 11.5. The van der Waals surface area contributed by atoms with Crippen LogP contribution in [0.5, 0.6) is 0 Å². The van der Waals surface area contributed by atoms with Gasteiger partial charge in [-0.15, -0.1) is 0 Å². The smallest absolute Gasteiger partial charge is 0.225 e. The monoisotopic (exact) mass is 325 g/mol. The molecule has 24 heavy (non-hydrogen) atoms. The lowest BCUT2D eigenvalue weighted by atomic mass is 10.1. The van der Waals surface area contributed by atoms with Crippen LogP contribution in [0.1, 0.15) is 39.3 Å². The van der Waals surface area contributed by atoms with E-state index in [9.17, 15) is 0 Å². The van der Waals surface area contributed by atoms with E-state index < -0.39 is 0 Å². The first-order valence-corrected chi connectivity index (χ1v) is 8.65. The molecule has 1 fully saturated rings. The fourth-order valence-corrected chi connectivity index (χ4v) is 2.90. The van der Waals surface area contributed by atoms with Gasteiger partial charge in [-0.1, -0.05) is 0 Å². The van der Waals surface area contributed by atoms with Gasteiger partial charge in [-0.25, -0.2) is 4.98 Å². The highest BCUT2D eigenvalue weighted by Gasteiger charge is 2.13. The topological polar surface area (TPSA) is 53.1 Å². The van der Waals surface area contributed by atoms with Crippen LogP contribution in [0.2, 0.25) is 0 Å². The Bertz CT molecular complexity index is 682. The third kappa shape index (κ3) is 4.37. The van der Waals surface area contributed by atoms with Crippen LogP contribution in [0.3, 0.4) is 0 Å². The van der Waals surface area contributed by atoms with Crippen LogP contribution in [0, 0.1) is 6.92 Å². The zero-order valence-corrected chi connectivity index (χ0v) is 15.1. The van der Waals surface area contributed by atoms with Crippen molar-refractivity contribution in [1.82, 2.24) is 9.97 Å². The maximum absolute atomic E-state index is 4.57. The Labute approximate surface area is 144 Å². The van der Waals surface area contributed by atoms with E-state index in [1.165, 1.54) is 31.6 Å². The first kappa shape index (κ1) is 16.6. The van der Waals surface area contributed by atoms with E-state index >= 15 is 0 Å². The van der Waals surface area contributed by atoms with Gasteiger partial charge < -0.3 is 15.5 Å². The van der Waals surface area contributed by atoms with Gasteiger partial charge in [0.25, 0.3) is 0 Å². The number of benzene rings is 1. The lowest BCUT2D eigenvalue weighted by molar-refractivity contribution is 0.625. The molecule has 0 aliphatic carbocycles. The Balaban J connectivity index is 1.73. The van der Waals surface area contributed by atoms with Gasteiger partial charge in [0, 0.05) is 41.8 Å². The van der Waals surface area contributed by atoms with Gasteiger partial charge in [0.05, 0.1) is 0 Å². The average Bonchev–Trinajstić information content (AvgIpc) is 2.99. The number of nitrogens with zero attached hydrogens (tertiary/aromatic N) is 3. The fourth-order valence-electron chi connectivity index (χ4n) is 2.90. The van der Waals surface area contributed by atoms with Crippen LogP contribution in [0.25, 0.3) is 0 Å². The summed E-state index contributed by atoms with van der Waals surface area (Å²) in [5, 5.41) is 6.70. The van der Waals surface area contributed by atoms with E-state index in [4.69, 9.17) is 0 Å². The molecule has 0 radical (unpaired) electrons. The highest BCUT2D eigenvalue weighted by atomic mass is 15.2. The van der Waals surface area contributed by atoms with E-state index in [0.29, 0.717) is 5.95 Å². The van der Waals surface area contributed by atoms with Crippen molar-refractivity contribution >= 4 is 23.1 Å². The molecule has 0 spiro atoms. The zero-order valence-electron chi connectivity index (χ0n) is 15.1. The van der Waals surface area contributed by atoms with Crippen LogP contribution in [0.15, 0.2) is 30.3 Å². The summed E-state index contributed by atoms with van der Waals surface area (Å²) in [6, 6.07) is 10.5. The molecule has 2 aromatic rings. The number of aromatic nitrogens is 2. The second-order valence-electron chi connectivity index (χ2n) is 7.46. The Morgan fingerprint density at radius 2 is 1.67 bits per heavy atom. The molecular weight excluding hydrogens is 298 g/mol. The maximum Gasteiger partial charge on any atom is 0.225 e. The molecule has 5 nitrogen and oxygen atoms in total. The summed E-state index contributed by atoms with van der Waals surface area (Å²) >= 11 is 0. The molecule has 1 aromatic carbocycles. The van der Waals surface area contributed by atoms with Crippen LogP contribution < -0.4 is 15.5 Å². The van der Waals surface area contributed by atoms with Gasteiger partial charge in [-0.2, -0.15) is 4.98 Å². The van der Waals surface area contributed by atoms with Gasteiger partial charge in [0.1, 0.15) is 5.82 Å². The molecule has 0 unspecified atom stereocenters. The summed E-state index contributed by atoms with van der Waals surface area (Å²) in [6.45, 7) is 10.6. The summed E-state index contributed by atoms with van der Waals surface area (Å²) in [5.41, 5.74) is 3.21. The number of nitrogens with one attached hydrogen (secondary N) is 2. The minimum absolute atomic E-state index is 0.0670. The van der Waals surface area contributed by atoms with Gasteiger partial charge in [-0.05, 0) is 64.8 Å². The molecule has 0 atom stereocenters. The van der Waals surface area contributed by atoms with Crippen LogP contribution in [-0.4, -0.2) is 28.6 Å². The second-order valence-corrected chi connectivity index (χ2v) is 7.46. The molecule has 2 N–H and O–H groups in total. The summed E-state index contributed by atoms with van der Waals surface area (Å²) in [6.07, 6.45) is 2.59. The molecular formula is C19H27N5. The Morgan fingerprint density at radius 1 is 1.00 bits per heavy atom. The Hall–Kier alpha value is -2.30. The summed E-state index contributed by atoms with van der Waals surface area (Å²) in [7, 11) is 0. The van der Waals surface area contributed by atoms with Gasteiger partial charge in [0.2, 0.25) is 5.95 Å². The largest absolute Gasteiger partial charge is 0.372 e. The molecule has 2 heterocycles. The zero-order chi connectivity index (χ0) is 17.2. The minimum atomic E-state index is -0.0670. The molecule has 128 valence electrons. The lowest BCUT2D eigenvalue weighted by Gasteiger charge is -2.21. The van der Waals surface area contributed by atoms with Crippen molar-refractivity contribution in [3.8, 4) is 0 Å². The van der Waals surface area contributed by atoms with Crippen molar-refractivity contribution in [1.29, 1.82) is 0 Å². The first-order valence-electron chi connectivity index (χ1n) is 8.65. The number of hydrogen-bond acceptors (Lipinski definition) is 5. The van der Waals surface area contributed by atoms with Crippen LogP contribution >= 0.6 is 0 Å². The third-order valence-corrected chi connectivity index (χ3v) is 3.95. The summed E-state index contributed by atoms with van der Waals surface area (Å²) < 4.78 is 0. The Morgan fingerprint density at radius 3 is 2.29 bits per heavy atom. The second kappa shape index (κ2) is 6.67. The molecule has 1 saturated heterocycles. The number of hydrogen-bond donors (Lipinski definition) is 2.